The second-order valence-corrected chi connectivity index (χ2v) is 8.93. The van der Waals surface area contributed by atoms with Crippen LogP contribution in [0.2, 0.25) is 0 Å². The van der Waals surface area contributed by atoms with Gasteiger partial charge in [0.05, 0.1) is 0 Å². The normalized spacial score (nSPS) is 14.1. The summed E-state index contributed by atoms with van der Waals surface area (Å²) in [5, 5.41) is 0. The fraction of sp³-hybridized carbons (Fsp3) is 0.167. The lowest BCUT2D eigenvalue weighted by atomic mass is 9.87. The van der Waals surface area contributed by atoms with Gasteiger partial charge in [0.2, 0.25) is 0 Å². The first-order chi connectivity index (χ1) is 15.6. The quantitative estimate of drug-likeness (QED) is 0.245. The van der Waals surface area contributed by atoms with Crippen LogP contribution in [0.5, 0.6) is 5.75 Å². The standard InChI is InChI=1S/C24H18F4O4S/c25-19-9-6-17(7-10-19)21-12-8-18-14-20(31-15-16-4-2-1-3-5-16)11-13-22(18)23(21)32-33(29,30)24(26,27)28/h1-7,9-11,13-14H,8,12,15H2. The molecule has 0 heterocycles. The molecule has 0 bridgehead atoms. The van der Waals surface area contributed by atoms with Crippen LogP contribution in [0.25, 0.3) is 11.3 Å². The number of aryl methyl sites for hydroxylation is 1. The van der Waals surface area contributed by atoms with Crippen LogP contribution in [0.15, 0.2) is 72.8 Å². The minimum atomic E-state index is -5.91. The summed E-state index contributed by atoms with van der Waals surface area (Å²) in [6.45, 7) is 0.294. The van der Waals surface area contributed by atoms with Crippen molar-refractivity contribution in [2.45, 2.75) is 25.0 Å². The van der Waals surface area contributed by atoms with Crippen LogP contribution < -0.4 is 4.74 Å². The average Bonchev–Trinajstić information content (AvgIpc) is 2.78. The van der Waals surface area contributed by atoms with Gasteiger partial charge in [0, 0.05) is 11.1 Å². The Balaban J connectivity index is 1.72. The number of allylic oxidation sites excluding steroid dienone is 1. The Hall–Kier alpha value is -3.33. The largest absolute Gasteiger partial charge is 0.534 e. The van der Waals surface area contributed by atoms with Crippen LogP contribution in [0.4, 0.5) is 17.6 Å². The first kappa shape index (κ1) is 22.8. The Labute approximate surface area is 188 Å². The minimum absolute atomic E-state index is 0.198. The SMILES string of the molecule is O=S(=O)(OC1=C(c2ccc(F)cc2)CCc2cc(OCc3ccccc3)ccc21)C(F)(F)F. The van der Waals surface area contributed by atoms with Gasteiger partial charge in [-0.25, -0.2) is 4.39 Å². The summed E-state index contributed by atoms with van der Waals surface area (Å²) in [4.78, 5) is 0. The van der Waals surface area contributed by atoms with Gasteiger partial charge >= 0.3 is 15.6 Å². The first-order valence-electron chi connectivity index (χ1n) is 9.94. The summed E-state index contributed by atoms with van der Waals surface area (Å²) < 4.78 is 86.6. The number of ether oxygens (including phenoxy) is 1. The van der Waals surface area contributed by atoms with Crippen molar-refractivity contribution in [1.82, 2.24) is 0 Å². The van der Waals surface area contributed by atoms with E-state index in [4.69, 9.17) is 4.74 Å². The molecule has 4 nitrogen and oxygen atoms in total. The van der Waals surface area contributed by atoms with Gasteiger partial charge in [0.15, 0.2) is 5.76 Å². The Morgan fingerprint density at radius 3 is 2.24 bits per heavy atom. The molecular formula is C24H18F4O4S. The summed E-state index contributed by atoms with van der Waals surface area (Å²) in [7, 11) is -5.91. The molecule has 0 N–H and O–H groups in total. The van der Waals surface area contributed by atoms with Gasteiger partial charge in [-0.15, -0.1) is 0 Å². The zero-order chi connectivity index (χ0) is 23.6. The van der Waals surface area contributed by atoms with Crippen LogP contribution in [-0.4, -0.2) is 13.9 Å². The molecule has 172 valence electrons. The molecule has 0 spiro atoms. The summed E-state index contributed by atoms with van der Waals surface area (Å²) in [5.41, 5.74) is -3.25. The molecule has 0 radical (unpaired) electrons. The Bertz CT molecular complexity index is 1280. The molecule has 0 aliphatic heterocycles. The molecule has 1 aliphatic carbocycles. The highest BCUT2D eigenvalue weighted by atomic mass is 32.2. The Kier molecular flexibility index (Phi) is 6.16. The van der Waals surface area contributed by atoms with Crippen LogP contribution in [0.1, 0.15) is 28.7 Å². The predicted octanol–water partition coefficient (Wildman–Crippen LogP) is 6.09. The number of hydrogen-bond donors (Lipinski definition) is 0. The predicted molar refractivity (Wildman–Crippen MR) is 115 cm³/mol. The number of fused-ring (bicyclic) bond motifs is 1. The maximum atomic E-state index is 13.4. The van der Waals surface area contributed by atoms with Crippen molar-refractivity contribution in [3.05, 3.63) is 101 Å². The molecule has 0 amide bonds. The highest BCUT2D eigenvalue weighted by molar-refractivity contribution is 7.87. The monoisotopic (exact) mass is 478 g/mol. The topological polar surface area (TPSA) is 52.6 Å². The smallest absolute Gasteiger partial charge is 0.489 e. The molecule has 3 aromatic carbocycles. The molecule has 0 atom stereocenters. The van der Waals surface area contributed by atoms with Crippen LogP contribution in [0, 0.1) is 5.82 Å². The summed E-state index contributed by atoms with van der Waals surface area (Å²) in [6.07, 6.45) is 0.604. The number of benzene rings is 3. The lowest BCUT2D eigenvalue weighted by molar-refractivity contribution is -0.0509. The van der Waals surface area contributed by atoms with Gasteiger partial charge < -0.3 is 8.92 Å². The highest BCUT2D eigenvalue weighted by Gasteiger charge is 2.49. The lowest BCUT2D eigenvalue weighted by Crippen LogP contribution is -2.26. The zero-order valence-electron chi connectivity index (χ0n) is 17.1. The van der Waals surface area contributed by atoms with E-state index in [1.807, 2.05) is 30.3 Å². The van der Waals surface area contributed by atoms with E-state index in [-0.39, 0.29) is 17.6 Å². The van der Waals surface area contributed by atoms with E-state index in [1.54, 1.807) is 12.1 Å². The van der Waals surface area contributed by atoms with Crippen molar-refractivity contribution in [1.29, 1.82) is 0 Å². The van der Waals surface area contributed by atoms with E-state index in [9.17, 15) is 26.0 Å². The van der Waals surface area contributed by atoms with E-state index < -0.39 is 27.2 Å². The molecule has 0 fully saturated rings. The second kappa shape index (κ2) is 8.90. The van der Waals surface area contributed by atoms with Gasteiger partial charge in [-0.2, -0.15) is 21.6 Å². The molecule has 4 rings (SSSR count). The molecule has 0 unspecified atom stereocenters. The number of hydrogen-bond acceptors (Lipinski definition) is 4. The molecule has 9 heteroatoms. The van der Waals surface area contributed by atoms with Gasteiger partial charge in [-0.3, -0.25) is 0 Å². The number of rotatable bonds is 6. The number of halogens is 4. The molecular weight excluding hydrogens is 460 g/mol. The van der Waals surface area contributed by atoms with E-state index in [0.29, 0.717) is 29.9 Å². The third-order valence-corrected chi connectivity index (χ3v) is 6.11. The minimum Gasteiger partial charge on any atom is -0.489 e. The van der Waals surface area contributed by atoms with Crippen molar-refractivity contribution in [2.24, 2.45) is 0 Å². The summed E-state index contributed by atoms with van der Waals surface area (Å²) in [5.74, 6) is -0.461. The maximum Gasteiger partial charge on any atom is 0.534 e. The molecule has 1 aliphatic rings. The van der Waals surface area contributed by atoms with Gasteiger partial charge in [0.25, 0.3) is 0 Å². The van der Waals surface area contributed by atoms with E-state index in [2.05, 4.69) is 4.18 Å². The first-order valence-corrected chi connectivity index (χ1v) is 11.3. The van der Waals surface area contributed by atoms with Crippen LogP contribution in [0.3, 0.4) is 0 Å². The Morgan fingerprint density at radius 1 is 0.879 bits per heavy atom. The molecule has 3 aromatic rings. The molecule has 0 saturated carbocycles. The average molecular weight is 478 g/mol. The lowest BCUT2D eigenvalue weighted by Gasteiger charge is -2.24. The van der Waals surface area contributed by atoms with Crippen LogP contribution in [-0.2, 0) is 27.3 Å². The second-order valence-electron chi connectivity index (χ2n) is 7.39. The van der Waals surface area contributed by atoms with Crippen molar-refractivity contribution in [3.63, 3.8) is 0 Å². The third-order valence-electron chi connectivity index (χ3n) is 5.16. The van der Waals surface area contributed by atoms with E-state index in [0.717, 1.165) is 17.7 Å². The van der Waals surface area contributed by atoms with E-state index in [1.165, 1.54) is 18.2 Å². The van der Waals surface area contributed by atoms with Crippen molar-refractivity contribution in [3.8, 4) is 5.75 Å². The Morgan fingerprint density at radius 2 is 1.58 bits per heavy atom. The van der Waals surface area contributed by atoms with Gasteiger partial charge in [-0.05, 0) is 59.9 Å². The highest BCUT2D eigenvalue weighted by Crippen LogP contribution is 2.41. The van der Waals surface area contributed by atoms with Gasteiger partial charge in [-0.1, -0.05) is 42.5 Å². The third kappa shape index (κ3) is 5.03. The van der Waals surface area contributed by atoms with Crippen LogP contribution >= 0.6 is 0 Å². The zero-order valence-corrected chi connectivity index (χ0v) is 17.9. The van der Waals surface area contributed by atoms with Gasteiger partial charge in [0.1, 0.15) is 18.2 Å². The maximum absolute atomic E-state index is 13.4. The molecule has 33 heavy (non-hydrogen) atoms. The summed E-state index contributed by atoms with van der Waals surface area (Å²) in [6, 6.07) is 19.1. The molecule has 0 aromatic heterocycles. The fourth-order valence-corrected chi connectivity index (χ4v) is 4.05. The van der Waals surface area contributed by atoms with E-state index >= 15 is 0 Å². The fourth-order valence-electron chi connectivity index (χ4n) is 3.54. The van der Waals surface area contributed by atoms with Crippen molar-refractivity contribution < 1.29 is 34.9 Å². The molecule has 0 saturated heterocycles. The summed E-state index contributed by atoms with van der Waals surface area (Å²) >= 11 is 0. The number of alkyl halides is 3. The van der Waals surface area contributed by atoms with Crippen molar-refractivity contribution in [2.75, 3.05) is 0 Å². The van der Waals surface area contributed by atoms with Crippen molar-refractivity contribution >= 4 is 21.5 Å².